The van der Waals surface area contributed by atoms with E-state index in [4.69, 9.17) is 14.3 Å². The van der Waals surface area contributed by atoms with Gasteiger partial charge in [0.25, 0.3) is 0 Å². The largest absolute Gasteiger partial charge is 0.496 e. The maximum absolute atomic E-state index is 12.8. The number of benzene rings is 1. The molecule has 1 unspecified atom stereocenters. The van der Waals surface area contributed by atoms with Crippen molar-refractivity contribution in [2.45, 2.75) is 38.5 Å². The van der Waals surface area contributed by atoms with Crippen molar-refractivity contribution in [1.29, 1.82) is 0 Å². The standard InChI is InChI=1S/C23H22N4O3/c1-13(2)21-20(15-7-4-5-8-19(15)29-3)23-25-24-22-16(27(23)26-21)11-14(12-17(22)28)18-9-6-10-30-18/h4-10,13-14H,11-12H2,1-3H3. The minimum Gasteiger partial charge on any atom is -0.496 e. The summed E-state index contributed by atoms with van der Waals surface area (Å²) < 4.78 is 13.0. The van der Waals surface area contributed by atoms with Crippen LogP contribution >= 0.6 is 0 Å². The second-order valence-corrected chi connectivity index (χ2v) is 7.89. The number of fused-ring (bicyclic) bond motifs is 3. The molecule has 1 aliphatic rings. The summed E-state index contributed by atoms with van der Waals surface area (Å²) in [5.41, 5.74) is 4.52. The SMILES string of the molecule is COc1ccccc1-c1c(C(C)C)nn2c3c(nnc12)C(=O)CC(c1ccco1)C3. The van der Waals surface area contributed by atoms with Gasteiger partial charge < -0.3 is 9.15 Å². The number of Topliss-reactive ketones (excluding diaryl/α,β-unsaturated/α-hetero) is 1. The lowest BCUT2D eigenvalue weighted by Gasteiger charge is -2.21. The first-order valence-electron chi connectivity index (χ1n) is 10.1. The number of aromatic nitrogens is 4. The van der Waals surface area contributed by atoms with Crippen LogP contribution in [0.2, 0.25) is 0 Å². The highest BCUT2D eigenvalue weighted by Gasteiger charge is 2.33. The Labute approximate surface area is 173 Å². The Bertz CT molecular complexity index is 1240. The molecule has 4 aromatic rings. The summed E-state index contributed by atoms with van der Waals surface area (Å²) in [5.74, 6) is 1.64. The summed E-state index contributed by atoms with van der Waals surface area (Å²) in [7, 11) is 1.65. The fourth-order valence-corrected chi connectivity index (χ4v) is 4.23. The van der Waals surface area contributed by atoms with Gasteiger partial charge in [-0.3, -0.25) is 4.79 Å². The van der Waals surface area contributed by atoms with Gasteiger partial charge in [-0.25, -0.2) is 4.52 Å². The summed E-state index contributed by atoms with van der Waals surface area (Å²) in [6.07, 6.45) is 2.61. The van der Waals surface area contributed by atoms with E-state index in [2.05, 4.69) is 24.0 Å². The highest BCUT2D eigenvalue weighted by atomic mass is 16.5. The molecule has 0 radical (unpaired) electrons. The van der Waals surface area contributed by atoms with Crippen molar-refractivity contribution in [2.24, 2.45) is 0 Å². The Hall–Kier alpha value is -3.48. The molecule has 0 saturated carbocycles. The zero-order chi connectivity index (χ0) is 20.8. The molecule has 0 spiro atoms. The molecule has 7 heteroatoms. The first-order chi connectivity index (χ1) is 14.6. The fraction of sp³-hybridized carbons (Fsp3) is 0.304. The number of ether oxygens (including phenoxy) is 1. The predicted molar refractivity (Wildman–Crippen MR) is 111 cm³/mol. The molecule has 3 heterocycles. The van der Waals surface area contributed by atoms with Gasteiger partial charge in [0.2, 0.25) is 0 Å². The Morgan fingerprint density at radius 1 is 1.13 bits per heavy atom. The average molecular weight is 402 g/mol. The molecule has 0 N–H and O–H groups in total. The summed E-state index contributed by atoms with van der Waals surface area (Å²) in [5, 5.41) is 13.7. The third-order valence-electron chi connectivity index (χ3n) is 5.67. The van der Waals surface area contributed by atoms with Crippen molar-refractivity contribution in [1.82, 2.24) is 19.8 Å². The molecule has 5 rings (SSSR count). The van der Waals surface area contributed by atoms with E-state index in [1.165, 1.54) is 0 Å². The lowest BCUT2D eigenvalue weighted by Crippen LogP contribution is -2.24. The fourth-order valence-electron chi connectivity index (χ4n) is 4.23. The van der Waals surface area contributed by atoms with Crippen molar-refractivity contribution in [2.75, 3.05) is 7.11 Å². The topological polar surface area (TPSA) is 82.5 Å². The quantitative estimate of drug-likeness (QED) is 0.502. The number of furan rings is 1. The third-order valence-corrected chi connectivity index (χ3v) is 5.67. The number of carbonyl (C=O) groups is 1. The molecule has 1 aromatic carbocycles. The van der Waals surface area contributed by atoms with E-state index in [-0.39, 0.29) is 17.6 Å². The van der Waals surface area contributed by atoms with Crippen LogP contribution in [0.15, 0.2) is 47.1 Å². The average Bonchev–Trinajstić information content (AvgIpc) is 3.41. The highest BCUT2D eigenvalue weighted by Crippen LogP contribution is 2.39. The van der Waals surface area contributed by atoms with Crippen molar-refractivity contribution in [3.05, 3.63) is 65.5 Å². The van der Waals surface area contributed by atoms with Gasteiger partial charge in [0.1, 0.15) is 11.5 Å². The molecule has 1 atom stereocenters. The smallest absolute Gasteiger partial charge is 0.185 e. The van der Waals surface area contributed by atoms with E-state index in [9.17, 15) is 4.79 Å². The Morgan fingerprint density at radius 3 is 2.70 bits per heavy atom. The van der Waals surface area contributed by atoms with Crippen LogP contribution in [0.25, 0.3) is 16.8 Å². The number of methoxy groups -OCH3 is 1. The molecule has 7 nitrogen and oxygen atoms in total. The molecule has 152 valence electrons. The summed E-state index contributed by atoms with van der Waals surface area (Å²) >= 11 is 0. The van der Waals surface area contributed by atoms with Crippen LogP contribution in [0.4, 0.5) is 0 Å². The Kier molecular flexibility index (Phi) is 4.38. The normalized spacial score (nSPS) is 16.3. The third kappa shape index (κ3) is 2.81. The number of hydrogen-bond donors (Lipinski definition) is 0. The number of ketones is 1. The summed E-state index contributed by atoms with van der Waals surface area (Å²) in [4.78, 5) is 12.8. The zero-order valence-electron chi connectivity index (χ0n) is 17.1. The van der Waals surface area contributed by atoms with Gasteiger partial charge in [0, 0.05) is 24.3 Å². The van der Waals surface area contributed by atoms with Gasteiger partial charge in [-0.15, -0.1) is 10.2 Å². The Morgan fingerprint density at radius 2 is 1.97 bits per heavy atom. The van der Waals surface area contributed by atoms with Gasteiger partial charge in [0.15, 0.2) is 17.1 Å². The van der Waals surface area contributed by atoms with Crippen LogP contribution in [0.5, 0.6) is 5.75 Å². The second kappa shape index (κ2) is 7.09. The van der Waals surface area contributed by atoms with Crippen LogP contribution in [-0.4, -0.2) is 32.7 Å². The molecule has 0 aliphatic heterocycles. The van der Waals surface area contributed by atoms with Crippen molar-refractivity contribution >= 4 is 11.4 Å². The van der Waals surface area contributed by atoms with E-state index < -0.39 is 0 Å². The lowest BCUT2D eigenvalue weighted by molar-refractivity contribution is 0.0951. The summed E-state index contributed by atoms with van der Waals surface area (Å²) in [6, 6.07) is 11.6. The van der Waals surface area contributed by atoms with Crippen molar-refractivity contribution in [3.8, 4) is 16.9 Å². The van der Waals surface area contributed by atoms with Gasteiger partial charge in [0.05, 0.1) is 30.3 Å². The molecular formula is C23H22N4O3. The van der Waals surface area contributed by atoms with Crippen LogP contribution in [0, 0.1) is 0 Å². The van der Waals surface area contributed by atoms with Crippen LogP contribution < -0.4 is 4.74 Å². The first kappa shape index (κ1) is 18.5. The van der Waals surface area contributed by atoms with E-state index in [0.717, 1.165) is 34.0 Å². The molecule has 1 aliphatic carbocycles. The summed E-state index contributed by atoms with van der Waals surface area (Å²) in [6.45, 7) is 4.19. The molecule has 0 fully saturated rings. The number of para-hydroxylation sites is 1. The molecular weight excluding hydrogens is 380 g/mol. The zero-order valence-corrected chi connectivity index (χ0v) is 17.1. The van der Waals surface area contributed by atoms with Crippen LogP contribution in [0.3, 0.4) is 0 Å². The maximum atomic E-state index is 12.8. The van der Waals surface area contributed by atoms with E-state index in [1.807, 2.05) is 36.4 Å². The Balaban J connectivity index is 1.75. The van der Waals surface area contributed by atoms with Crippen molar-refractivity contribution < 1.29 is 13.9 Å². The van der Waals surface area contributed by atoms with Crippen molar-refractivity contribution in [3.63, 3.8) is 0 Å². The van der Waals surface area contributed by atoms with Gasteiger partial charge in [-0.1, -0.05) is 32.0 Å². The van der Waals surface area contributed by atoms with E-state index >= 15 is 0 Å². The van der Waals surface area contributed by atoms with Crippen LogP contribution in [-0.2, 0) is 6.42 Å². The van der Waals surface area contributed by atoms with Gasteiger partial charge in [-0.2, -0.15) is 5.10 Å². The molecule has 3 aromatic heterocycles. The van der Waals surface area contributed by atoms with Gasteiger partial charge >= 0.3 is 0 Å². The van der Waals surface area contributed by atoms with Crippen LogP contribution in [0.1, 0.15) is 59.7 Å². The predicted octanol–water partition coefficient (Wildman–Crippen LogP) is 4.43. The lowest BCUT2D eigenvalue weighted by atomic mass is 9.87. The number of hydrogen-bond acceptors (Lipinski definition) is 6. The number of rotatable bonds is 4. The molecule has 0 bridgehead atoms. The monoisotopic (exact) mass is 402 g/mol. The van der Waals surface area contributed by atoms with E-state index in [0.29, 0.717) is 24.2 Å². The van der Waals surface area contributed by atoms with E-state index in [1.54, 1.807) is 17.9 Å². The first-order valence-corrected chi connectivity index (χ1v) is 10.1. The minimum atomic E-state index is -0.0347. The minimum absolute atomic E-state index is 0.0335. The number of carbonyl (C=O) groups excluding carboxylic acids is 1. The van der Waals surface area contributed by atoms with Gasteiger partial charge in [-0.05, 0) is 24.1 Å². The molecule has 30 heavy (non-hydrogen) atoms. The molecule has 0 amide bonds. The maximum Gasteiger partial charge on any atom is 0.185 e. The number of nitrogens with zero attached hydrogens (tertiary/aromatic N) is 4. The highest BCUT2D eigenvalue weighted by molar-refractivity contribution is 5.97. The second-order valence-electron chi connectivity index (χ2n) is 7.89. The molecule has 0 saturated heterocycles.